The molecule has 1 aliphatic carbocycles. The van der Waals surface area contributed by atoms with Gasteiger partial charge in [-0.1, -0.05) is 12.8 Å². The van der Waals surface area contributed by atoms with Crippen LogP contribution in [0.1, 0.15) is 45.6 Å². The smallest absolute Gasteiger partial charge is 0.258 e. The summed E-state index contributed by atoms with van der Waals surface area (Å²) in [7, 11) is 0. The molecule has 1 aliphatic rings. The minimum absolute atomic E-state index is 0.0424. The molecule has 0 aromatic carbocycles. The molecule has 1 aromatic heterocycles. The van der Waals surface area contributed by atoms with Crippen LogP contribution in [0, 0.1) is 0 Å². The largest absolute Gasteiger partial charge is 0.480 e. The van der Waals surface area contributed by atoms with Crippen LogP contribution in [0.4, 0.5) is 0 Å². The maximum atomic E-state index is 11.6. The molecule has 5 heteroatoms. The second-order valence-corrected chi connectivity index (χ2v) is 5.09. The monoisotopic (exact) mass is 251 g/mol. The lowest BCUT2D eigenvalue weighted by molar-refractivity contribution is -0.123. The Labute approximate surface area is 108 Å². The molecule has 1 amide bonds. The Hall–Kier alpha value is -1.52. The predicted octanol–water partition coefficient (Wildman–Crippen LogP) is 1.90. The highest BCUT2D eigenvalue weighted by Gasteiger charge is 2.17. The van der Waals surface area contributed by atoms with Gasteiger partial charge in [0.15, 0.2) is 12.4 Å². The maximum Gasteiger partial charge on any atom is 0.258 e. The van der Waals surface area contributed by atoms with Crippen molar-refractivity contribution in [3.63, 3.8) is 0 Å². The molecule has 0 spiro atoms. The molecule has 1 aromatic rings. The molecule has 0 unspecified atom stereocenters. The minimum atomic E-state index is -0.0424. The van der Waals surface area contributed by atoms with Crippen molar-refractivity contribution < 1.29 is 9.53 Å². The summed E-state index contributed by atoms with van der Waals surface area (Å²) in [5.41, 5.74) is 0. The standard InChI is InChI=1S/C13H21N3O2/c1-10(2)16-8-12(7-14-16)18-9-13(17)15-11-5-3-4-6-11/h7-8,10-11H,3-6,9H2,1-2H3,(H,15,17). The van der Waals surface area contributed by atoms with E-state index in [-0.39, 0.29) is 12.5 Å². The Morgan fingerprint density at radius 3 is 2.89 bits per heavy atom. The number of carbonyl (C=O) groups is 1. The summed E-state index contributed by atoms with van der Waals surface area (Å²) >= 11 is 0. The third kappa shape index (κ3) is 3.48. The van der Waals surface area contributed by atoms with Gasteiger partial charge < -0.3 is 10.1 Å². The summed E-state index contributed by atoms with van der Waals surface area (Å²) in [5, 5.41) is 7.14. The van der Waals surface area contributed by atoms with Gasteiger partial charge in [0.2, 0.25) is 0 Å². The number of amides is 1. The summed E-state index contributed by atoms with van der Waals surface area (Å²) in [5.74, 6) is 0.601. The highest BCUT2D eigenvalue weighted by Crippen LogP contribution is 2.17. The van der Waals surface area contributed by atoms with Gasteiger partial charge in [0, 0.05) is 12.1 Å². The molecule has 1 saturated carbocycles. The number of carbonyl (C=O) groups excluding carboxylic acids is 1. The van der Waals surface area contributed by atoms with Crippen LogP contribution in [0.5, 0.6) is 5.75 Å². The highest BCUT2D eigenvalue weighted by molar-refractivity contribution is 5.77. The summed E-state index contributed by atoms with van der Waals surface area (Å²) in [4.78, 5) is 11.6. The first kappa shape index (κ1) is 12.9. The Balaban J connectivity index is 1.74. The zero-order valence-electron chi connectivity index (χ0n) is 11.1. The quantitative estimate of drug-likeness (QED) is 0.869. The van der Waals surface area contributed by atoms with E-state index in [0.29, 0.717) is 17.8 Å². The van der Waals surface area contributed by atoms with E-state index in [9.17, 15) is 4.79 Å². The van der Waals surface area contributed by atoms with Crippen molar-refractivity contribution in [2.75, 3.05) is 6.61 Å². The van der Waals surface area contributed by atoms with Gasteiger partial charge in [-0.15, -0.1) is 0 Å². The zero-order valence-corrected chi connectivity index (χ0v) is 11.1. The van der Waals surface area contributed by atoms with Crippen LogP contribution in [-0.2, 0) is 4.79 Å². The van der Waals surface area contributed by atoms with Crippen LogP contribution in [0.15, 0.2) is 12.4 Å². The van der Waals surface area contributed by atoms with Crippen molar-refractivity contribution >= 4 is 5.91 Å². The van der Waals surface area contributed by atoms with Crippen molar-refractivity contribution in [3.05, 3.63) is 12.4 Å². The lowest BCUT2D eigenvalue weighted by Gasteiger charge is -2.11. The second kappa shape index (κ2) is 5.89. The molecular formula is C13H21N3O2. The Bertz CT molecular complexity index is 395. The number of hydrogen-bond donors (Lipinski definition) is 1. The molecule has 1 heterocycles. The minimum Gasteiger partial charge on any atom is -0.480 e. The van der Waals surface area contributed by atoms with E-state index in [1.54, 1.807) is 6.20 Å². The van der Waals surface area contributed by atoms with Gasteiger partial charge in [0.05, 0.1) is 12.4 Å². The van der Waals surface area contributed by atoms with Crippen LogP contribution >= 0.6 is 0 Å². The lowest BCUT2D eigenvalue weighted by Crippen LogP contribution is -2.36. The van der Waals surface area contributed by atoms with Gasteiger partial charge in [-0.05, 0) is 26.7 Å². The molecule has 0 atom stereocenters. The zero-order chi connectivity index (χ0) is 13.0. The van der Waals surface area contributed by atoms with Crippen molar-refractivity contribution in [2.45, 2.75) is 51.6 Å². The first-order valence-corrected chi connectivity index (χ1v) is 6.61. The first-order valence-electron chi connectivity index (χ1n) is 6.61. The average Bonchev–Trinajstić information content (AvgIpc) is 2.96. The van der Waals surface area contributed by atoms with Crippen LogP contribution in [0.2, 0.25) is 0 Å². The van der Waals surface area contributed by atoms with Crippen LogP contribution in [-0.4, -0.2) is 28.3 Å². The summed E-state index contributed by atoms with van der Waals surface area (Å²) < 4.78 is 7.22. The Kier molecular flexibility index (Phi) is 4.23. The molecule has 1 fully saturated rings. The van der Waals surface area contributed by atoms with E-state index >= 15 is 0 Å². The number of ether oxygens (including phenoxy) is 1. The Morgan fingerprint density at radius 1 is 1.56 bits per heavy atom. The van der Waals surface area contributed by atoms with E-state index in [1.807, 2.05) is 24.7 Å². The van der Waals surface area contributed by atoms with Crippen molar-refractivity contribution in [1.29, 1.82) is 0 Å². The SMILES string of the molecule is CC(C)n1cc(OCC(=O)NC2CCCC2)cn1. The molecule has 2 rings (SSSR count). The number of aromatic nitrogens is 2. The molecule has 1 N–H and O–H groups in total. The van der Waals surface area contributed by atoms with Crippen LogP contribution in [0.25, 0.3) is 0 Å². The second-order valence-electron chi connectivity index (χ2n) is 5.09. The molecule has 0 aliphatic heterocycles. The average molecular weight is 251 g/mol. The summed E-state index contributed by atoms with van der Waals surface area (Å²) in [6.45, 7) is 4.16. The van der Waals surface area contributed by atoms with Crippen molar-refractivity contribution in [3.8, 4) is 5.75 Å². The van der Waals surface area contributed by atoms with Gasteiger partial charge in [-0.3, -0.25) is 9.48 Å². The third-order valence-electron chi connectivity index (χ3n) is 3.20. The van der Waals surface area contributed by atoms with Crippen LogP contribution in [0.3, 0.4) is 0 Å². The topological polar surface area (TPSA) is 56.1 Å². The maximum absolute atomic E-state index is 11.6. The number of nitrogens with zero attached hydrogens (tertiary/aromatic N) is 2. The molecule has 100 valence electrons. The third-order valence-corrected chi connectivity index (χ3v) is 3.20. The lowest BCUT2D eigenvalue weighted by atomic mass is 10.2. The number of rotatable bonds is 5. The van der Waals surface area contributed by atoms with Gasteiger partial charge >= 0.3 is 0 Å². The van der Waals surface area contributed by atoms with E-state index in [2.05, 4.69) is 10.4 Å². The van der Waals surface area contributed by atoms with Crippen molar-refractivity contribution in [2.24, 2.45) is 0 Å². The van der Waals surface area contributed by atoms with Gasteiger partial charge in [-0.25, -0.2) is 0 Å². The molecule has 5 nitrogen and oxygen atoms in total. The fraction of sp³-hybridized carbons (Fsp3) is 0.692. The van der Waals surface area contributed by atoms with Crippen molar-refractivity contribution in [1.82, 2.24) is 15.1 Å². The summed E-state index contributed by atoms with van der Waals surface area (Å²) in [6, 6.07) is 0.647. The number of nitrogens with one attached hydrogen (secondary N) is 1. The molecular weight excluding hydrogens is 230 g/mol. The van der Waals surface area contributed by atoms with E-state index in [1.165, 1.54) is 12.8 Å². The highest BCUT2D eigenvalue weighted by atomic mass is 16.5. The molecule has 0 radical (unpaired) electrons. The molecule has 0 saturated heterocycles. The fourth-order valence-corrected chi connectivity index (χ4v) is 2.17. The van der Waals surface area contributed by atoms with Gasteiger partial charge in [0.1, 0.15) is 0 Å². The first-order chi connectivity index (χ1) is 8.65. The van der Waals surface area contributed by atoms with Gasteiger partial charge in [-0.2, -0.15) is 5.10 Å². The summed E-state index contributed by atoms with van der Waals surface area (Å²) in [6.07, 6.45) is 8.07. The van der Waals surface area contributed by atoms with Gasteiger partial charge in [0.25, 0.3) is 5.91 Å². The predicted molar refractivity (Wildman–Crippen MR) is 68.5 cm³/mol. The van der Waals surface area contributed by atoms with E-state index in [0.717, 1.165) is 12.8 Å². The fourth-order valence-electron chi connectivity index (χ4n) is 2.17. The molecule has 18 heavy (non-hydrogen) atoms. The Morgan fingerprint density at radius 2 is 2.28 bits per heavy atom. The van der Waals surface area contributed by atoms with Crippen LogP contribution < -0.4 is 10.1 Å². The molecule has 0 bridgehead atoms. The van der Waals surface area contributed by atoms with E-state index in [4.69, 9.17) is 4.74 Å². The van der Waals surface area contributed by atoms with E-state index < -0.39 is 0 Å². The normalized spacial score (nSPS) is 16.2. The number of hydrogen-bond acceptors (Lipinski definition) is 3.